The third-order valence-electron chi connectivity index (χ3n) is 6.20. The fraction of sp³-hybridized carbons (Fsp3) is 0.571. The highest BCUT2D eigenvalue weighted by Crippen LogP contribution is 2.30. The number of piperidine rings is 1. The molecule has 2 aromatic rings. The first-order valence-corrected chi connectivity index (χ1v) is 10.4. The van der Waals surface area contributed by atoms with Gasteiger partial charge in [0.1, 0.15) is 0 Å². The molecule has 3 saturated heterocycles. The van der Waals surface area contributed by atoms with Crippen molar-refractivity contribution >= 4 is 11.6 Å². The average molecular weight is 397 g/mol. The number of carbonyl (C=O) groups is 1. The number of nitrogens with zero attached hydrogens (tertiary/aromatic N) is 5. The van der Waals surface area contributed by atoms with Crippen LogP contribution in [-0.4, -0.2) is 77.2 Å². The van der Waals surface area contributed by atoms with Crippen LogP contribution >= 0.6 is 0 Å². The molecule has 3 aliphatic heterocycles. The van der Waals surface area contributed by atoms with Crippen molar-refractivity contribution in [2.45, 2.75) is 31.8 Å². The van der Waals surface area contributed by atoms with E-state index in [0.717, 1.165) is 42.9 Å². The standard InChI is InChI=1S/C21H27N5O3/c1-15-8-23-25(10-15)19-2-5-22-9-20(19)24-6-3-16(4-7-24)21(27)26-17-11-28-13-18(26)14-29-12-17/h2,5,8-10,16-18H,3-4,6-7,11-14H2,1H3. The van der Waals surface area contributed by atoms with Crippen molar-refractivity contribution in [2.75, 3.05) is 44.4 Å². The van der Waals surface area contributed by atoms with Gasteiger partial charge in [0.15, 0.2) is 0 Å². The van der Waals surface area contributed by atoms with Crippen LogP contribution in [-0.2, 0) is 14.3 Å². The molecule has 8 nitrogen and oxygen atoms in total. The molecule has 0 radical (unpaired) electrons. The smallest absolute Gasteiger partial charge is 0.226 e. The van der Waals surface area contributed by atoms with Crippen LogP contribution in [0.4, 0.5) is 5.69 Å². The predicted molar refractivity (Wildman–Crippen MR) is 107 cm³/mol. The maximum absolute atomic E-state index is 13.3. The van der Waals surface area contributed by atoms with E-state index in [2.05, 4.69) is 19.9 Å². The highest BCUT2D eigenvalue weighted by molar-refractivity contribution is 5.80. The normalized spacial score (nSPS) is 25.3. The van der Waals surface area contributed by atoms with Gasteiger partial charge in [0, 0.05) is 31.4 Å². The van der Waals surface area contributed by atoms with Gasteiger partial charge in [-0.05, 0) is 31.4 Å². The van der Waals surface area contributed by atoms with Crippen molar-refractivity contribution in [1.29, 1.82) is 0 Å². The van der Waals surface area contributed by atoms with Gasteiger partial charge in [-0.25, -0.2) is 4.68 Å². The molecule has 5 heterocycles. The number of carbonyl (C=O) groups excluding carboxylic acids is 1. The first-order chi connectivity index (χ1) is 14.2. The van der Waals surface area contributed by atoms with E-state index in [-0.39, 0.29) is 23.9 Å². The summed E-state index contributed by atoms with van der Waals surface area (Å²) < 4.78 is 13.2. The van der Waals surface area contributed by atoms with Gasteiger partial charge in [-0.1, -0.05) is 0 Å². The second-order valence-electron chi connectivity index (χ2n) is 8.22. The summed E-state index contributed by atoms with van der Waals surface area (Å²) in [7, 11) is 0. The fourth-order valence-electron chi connectivity index (χ4n) is 4.69. The van der Waals surface area contributed by atoms with Crippen LogP contribution < -0.4 is 4.90 Å². The number of amides is 1. The molecule has 8 heteroatoms. The maximum atomic E-state index is 13.3. The number of hydrogen-bond donors (Lipinski definition) is 0. The Labute approximate surface area is 170 Å². The Morgan fingerprint density at radius 2 is 1.72 bits per heavy atom. The molecule has 0 N–H and O–H groups in total. The summed E-state index contributed by atoms with van der Waals surface area (Å²) in [4.78, 5) is 22.0. The first kappa shape index (κ1) is 18.6. The van der Waals surface area contributed by atoms with Crippen molar-refractivity contribution < 1.29 is 14.3 Å². The summed E-state index contributed by atoms with van der Waals surface area (Å²) >= 11 is 0. The Bertz CT molecular complexity index is 855. The highest BCUT2D eigenvalue weighted by Gasteiger charge is 2.41. The molecule has 3 aliphatic rings. The topological polar surface area (TPSA) is 72.7 Å². The summed E-state index contributed by atoms with van der Waals surface area (Å²) in [6.07, 6.45) is 9.28. The van der Waals surface area contributed by atoms with E-state index in [0.29, 0.717) is 26.4 Å². The lowest BCUT2D eigenvalue weighted by atomic mass is 9.93. The van der Waals surface area contributed by atoms with Crippen LogP contribution in [0.3, 0.4) is 0 Å². The molecule has 2 aromatic heterocycles. The number of fused-ring (bicyclic) bond motifs is 2. The van der Waals surface area contributed by atoms with E-state index >= 15 is 0 Å². The zero-order valence-electron chi connectivity index (χ0n) is 16.7. The Balaban J connectivity index is 1.28. The minimum Gasteiger partial charge on any atom is -0.377 e. The minimum absolute atomic E-state index is 0.0690. The molecule has 0 spiro atoms. The molecule has 1 amide bonds. The summed E-state index contributed by atoms with van der Waals surface area (Å²) in [6, 6.07) is 2.13. The minimum atomic E-state index is 0.0690. The molecule has 3 fully saturated rings. The number of aromatic nitrogens is 3. The quantitative estimate of drug-likeness (QED) is 0.780. The Hall–Kier alpha value is -2.45. The molecule has 0 aromatic carbocycles. The van der Waals surface area contributed by atoms with E-state index in [1.54, 1.807) is 6.20 Å². The van der Waals surface area contributed by atoms with Crippen LogP contribution in [0.5, 0.6) is 0 Å². The zero-order valence-corrected chi connectivity index (χ0v) is 16.7. The third-order valence-corrected chi connectivity index (χ3v) is 6.20. The molecular weight excluding hydrogens is 370 g/mol. The lowest BCUT2D eigenvalue weighted by Crippen LogP contribution is -2.63. The van der Waals surface area contributed by atoms with Gasteiger partial charge in [0.05, 0.1) is 62.3 Å². The van der Waals surface area contributed by atoms with Crippen molar-refractivity contribution in [1.82, 2.24) is 19.7 Å². The van der Waals surface area contributed by atoms with Crippen molar-refractivity contribution in [3.8, 4) is 5.69 Å². The van der Waals surface area contributed by atoms with E-state index in [1.807, 2.05) is 36.3 Å². The molecule has 154 valence electrons. The predicted octanol–water partition coefficient (Wildman–Crippen LogP) is 1.42. The number of pyridine rings is 1. The van der Waals surface area contributed by atoms with Gasteiger partial charge in [-0.15, -0.1) is 0 Å². The largest absolute Gasteiger partial charge is 0.377 e. The van der Waals surface area contributed by atoms with Crippen LogP contribution in [0, 0.1) is 12.8 Å². The molecule has 5 rings (SSSR count). The molecule has 0 aliphatic carbocycles. The number of rotatable bonds is 3. The third kappa shape index (κ3) is 3.51. The number of morpholine rings is 2. The SMILES string of the molecule is Cc1cnn(-c2ccncc2N2CCC(C(=O)N3C4COCC3COC4)CC2)c1. The lowest BCUT2D eigenvalue weighted by molar-refractivity contribution is -0.172. The van der Waals surface area contributed by atoms with Crippen LogP contribution in [0.2, 0.25) is 0 Å². The van der Waals surface area contributed by atoms with Gasteiger partial charge >= 0.3 is 0 Å². The fourth-order valence-corrected chi connectivity index (χ4v) is 4.69. The molecule has 2 bridgehead atoms. The summed E-state index contributed by atoms with van der Waals surface area (Å²) in [5, 5.41) is 4.46. The molecule has 0 atom stereocenters. The number of anilines is 1. The molecule has 0 saturated carbocycles. The van der Waals surface area contributed by atoms with E-state index in [9.17, 15) is 4.79 Å². The van der Waals surface area contributed by atoms with Crippen molar-refractivity contribution in [3.05, 3.63) is 36.4 Å². The number of aryl methyl sites for hydroxylation is 1. The van der Waals surface area contributed by atoms with Gasteiger partial charge in [0.2, 0.25) is 5.91 Å². The second-order valence-corrected chi connectivity index (χ2v) is 8.22. The highest BCUT2D eigenvalue weighted by atomic mass is 16.5. The van der Waals surface area contributed by atoms with Crippen molar-refractivity contribution in [2.24, 2.45) is 5.92 Å². The molecule has 0 unspecified atom stereocenters. The second kappa shape index (κ2) is 7.76. The Morgan fingerprint density at radius 3 is 2.34 bits per heavy atom. The van der Waals surface area contributed by atoms with Crippen molar-refractivity contribution in [3.63, 3.8) is 0 Å². The Morgan fingerprint density at radius 1 is 1.03 bits per heavy atom. The summed E-state index contributed by atoms with van der Waals surface area (Å²) in [5.41, 5.74) is 3.22. The lowest BCUT2D eigenvalue weighted by Gasteiger charge is -2.47. The maximum Gasteiger partial charge on any atom is 0.226 e. The van der Waals surface area contributed by atoms with E-state index in [1.165, 1.54) is 0 Å². The van der Waals surface area contributed by atoms with Crippen LogP contribution in [0.25, 0.3) is 5.69 Å². The van der Waals surface area contributed by atoms with Crippen LogP contribution in [0.15, 0.2) is 30.9 Å². The summed E-state index contributed by atoms with van der Waals surface area (Å²) in [5.74, 6) is 0.347. The summed E-state index contributed by atoms with van der Waals surface area (Å²) in [6.45, 7) is 6.06. The number of hydrogen-bond acceptors (Lipinski definition) is 6. The van der Waals surface area contributed by atoms with Crippen LogP contribution in [0.1, 0.15) is 18.4 Å². The first-order valence-electron chi connectivity index (χ1n) is 10.4. The van der Waals surface area contributed by atoms with Gasteiger partial charge in [-0.2, -0.15) is 5.10 Å². The Kier molecular flexibility index (Phi) is 4.97. The van der Waals surface area contributed by atoms with E-state index < -0.39 is 0 Å². The van der Waals surface area contributed by atoms with E-state index in [4.69, 9.17) is 9.47 Å². The number of ether oxygens (including phenoxy) is 2. The molecule has 29 heavy (non-hydrogen) atoms. The monoisotopic (exact) mass is 397 g/mol. The van der Waals surface area contributed by atoms with Gasteiger partial charge in [-0.3, -0.25) is 9.78 Å². The average Bonchev–Trinajstić information content (AvgIpc) is 3.19. The van der Waals surface area contributed by atoms with Gasteiger partial charge < -0.3 is 19.3 Å². The van der Waals surface area contributed by atoms with Gasteiger partial charge in [0.25, 0.3) is 0 Å². The zero-order chi connectivity index (χ0) is 19.8. The molecular formula is C21H27N5O3.